The van der Waals surface area contributed by atoms with Gasteiger partial charge in [-0.15, -0.1) is 0 Å². The topological polar surface area (TPSA) is 87.8 Å². The lowest BCUT2D eigenvalue weighted by atomic mass is 10.1. The molecule has 0 saturated carbocycles. The maximum Gasteiger partial charge on any atom is 0.239 e. The van der Waals surface area contributed by atoms with E-state index < -0.39 is 6.10 Å². The van der Waals surface area contributed by atoms with E-state index in [-0.39, 0.29) is 11.9 Å². The molecule has 1 saturated heterocycles. The van der Waals surface area contributed by atoms with Gasteiger partial charge in [0.05, 0.1) is 19.3 Å². The fraction of sp³-hybridized carbons (Fsp3) is 0.500. The number of rotatable bonds is 4. The number of aliphatic hydroxyl groups excluding tert-OH is 1. The molecule has 0 radical (unpaired) electrons. The first-order valence-corrected chi connectivity index (χ1v) is 6.68. The number of nitrogen functional groups attached to an aromatic ring is 1. The van der Waals surface area contributed by atoms with E-state index in [2.05, 4.69) is 5.32 Å². The lowest BCUT2D eigenvalue weighted by molar-refractivity contribution is -0.133. The number of nitrogens with one attached hydrogen (secondary N) is 1. The maximum atomic E-state index is 11.8. The van der Waals surface area contributed by atoms with Crippen LogP contribution in [0.15, 0.2) is 24.3 Å². The zero-order chi connectivity index (χ0) is 14.5. The highest BCUT2D eigenvalue weighted by Crippen LogP contribution is 2.18. The van der Waals surface area contributed by atoms with E-state index in [9.17, 15) is 9.90 Å². The monoisotopic (exact) mass is 279 g/mol. The molecular weight excluding hydrogens is 258 g/mol. The third-order valence-corrected chi connectivity index (χ3v) is 3.52. The highest BCUT2D eigenvalue weighted by Gasteiger charge is 2.30. The summed E-state index contributed by atoms with van der Waals surface area (Å²) < 4.78 is 5.34. The van der Waals surface area contributed by atoms with Gasteiger partial charge in [0.25, 0.3) is 0 Å². The number of carbonyl (C=O) groups excluding carboxylic acids is 1. The third kappa shape index (κ3) is 3.47. The van der Waals surface area contributed by atoms with E-state index >= 15 is 0 Å². The Labute approximate surface area is 118 Å². The van der Waals surface area contributed by atoms with Gasteiger partial charge in [-0.3, -0.25) is 9.69 Å². The van der Waals surface area contributed by atoms with Crippen LogP contribution in [-0.4, -0.2) is 55.3 Å². The first-order valence-electron chi connectivity index (χ1n) is 6.68. The molecule has 1 aliphatic rings. The number of ether oxygens (including phenoxy) is 1. The number of aliphatic hydroxyl groups is 1. The molecule has 0 bridgehead atoms. The fourth-order valence-corrected chi connectivity index (χ4v) is 2.31. The van der Waals surface area contributed by atoms with Crippen LogP contribution in [0.4, 0.5) is 5.69 Å². The predicted molar refractivity (Wildman–Crippen MR) is 76.1 cm³/mol. The number of benzene rings is 1. The Morgan fingerprint density at radius 2 is 2.25 bits per heavy atom. The van der Waals surface area contributed by atoms with Crippen LogP contribution in [0.1, 0.15) is 11.7 Å². The highest BCUT2D eigenvalue weighted by molar-refractivity contribution is 5.81. The SMILES string of the molecule is CNC(=O)C1COCCN1CC(O)c1ccc(N)cc1. The second kappa shape index (κ2) is 6.69. The number of hydrogen-bond donors (Lipinski definition) is 3. The van der Waals surface area contributed by atoms with Gasteiger partial charge in [-0.25, -0.2) is 0 Å². The molecule has 20 heavy (non-hydrogen) atoms. The summed E-state index contributed by atoms with van der Waals surface area (Å²) in [5.41, 5.74) is 7.08. The van der Waals surface area contributed by atoms with Gasteiger partial charge in [0, 0.05) is 25.8 Å². The first-order chi connectivity index (χ1) is 9.61. The molecule has 4 N–H and O–H groups in total. The molecule has 6 nitrogen and oxygen atoms in total. The quantitative estimate of drug-likeness (QED) is 0.662. The van der Waals surface area contributed by atoms with Gasteiger partial charge in [-0.05, 0) is 17.7 Å². The molecule has 2 rings (SSSR count). The second-order valence-electron chi connectivity index (χ2n) is 4.88. The number of carbonyl (C=O) groups is 1. The zero-order valence-corrected chi connectivity index (χ0v) is 11.6. The van der Waals surface area contributed by atoms with Gasteiger partial charge in [0.1, 0.15) is 6.04 Å². The van der Waals surface area contributed by atoms with Crippen molar-refractivity contribution in [1.29, 1.82) is 0 Å². The molecule has 1 fully saturated rings. The van der Waals surface area contributed by atoms with E-state index in [4.69, 9.17) is 10.5 Å². The van der Waals surface area contributed by atoms with Crippen molar-refractivity contribution in [3.8, 4) is 0 Å². The van der Waals surface area contributed by atoms with Crippen LogP contribution >= 0.6 is 0 Å². The number of anilines is 1. The van der Waals surface area contributed by atoms with Crippen LogP contribution in [0.3, 0.4) is 0 Å². The molecule has 0 spiro atoms. The number of likely N-dealkylation sites (N-methyl/N-ethyl adjacent to an activating group) is 1. The molecule has 1 aliphatic heterocycles. The van der Waals surface area contributed by atoms with Crippen molar-refractivity contribution in [3.63, 3.8) is 0 Å². The molecule has 1 heterocycles. The molecule has 2 atom stereocenters. The molecule has 1 aromatic carbocycles. The number of β-amino-alcohol motifs (C(OH)–C–C–N with tert-alkyl or cyclic N) is 1. The van der Waals surface area contributed by atoms with Gasteiger partial charge >= 0.3 is 0 Å². The molecule has 110 valence electrons. The minimum absolute atomic E-state index is 0.0887. The molecule has 0 aromatic heterocycles. The average Bonchev–Trinajstić information content (AvgIpc) is 2.47. The molecule has 1 aromatic rings. The van der Waals surface area contributed by atoms with Crippen molar-refractivity contribution in [2.75, 3.05) is 39.1 Å². The minimum Gasteiger partial charge on any atom is -0.399 e. The fourth-order valence-electron chi connectivity index (χ4n) is 2.31. The molecule has 0 aliphatic carbocycles. The first kappa shape index (κ1) is 14.8. The predicted octanol–water partition coefficient (Wildman–Crippen LogP) is -0.251. The molecule has 2 unspecified atom stereocenters. The highest BCUT2D eigenvalue weighted by atomic mass is 16.5. The lowest BCUT2D eigenvalue weighted by Gasteiger charge is -2.35. The van der Waals surface area contributed by atoms with Gasteiger partial charge in [0.15, 0.2) is 0 Å². The number of nitrogens with zero attached hydrogens (tertiary/aromatic N) is 1. The van der Waals surface area contributed by atoms with E-state index in [0.717, 1.165) is 5.56 Å². The van der Waals surface area contributed by atoms with Crippen molar-refractivity contribution >= 4 is 11.6 Å². The van der Waals surface area contributed by atoms with Crippen LogP contribution in [0.2, 0.25) is 0 Å². The summed E-state index contributed by atoms with van der Waals surface area (Å²) in [6, 6.07) is 6.77. The van der Waals surface area contributed by atoms with Crippen LogP contribution in [0.25, 0.3) is 0 Å². The molecular formula is C14H21N3O3. The minimum atomic E-state index is -0.652. The summed E-state index contributed by atoms with van der Waals surface area (Å²) in [4.78, 5) is 13.8. The third-order valence-electron chi connectivity index (χ3n) is 3.52. The van der Waals surface area contributed by atoms with E-state index in [1.807, 2.05) is 4.90 Å². The normalized spacial score (nSPS) is 21.4. The molecule has 6 heteroatoms. The molecule has 1 amide bonds. The Bertz CT molecular complexity index is 449. The zero-order valence-electron chi connectivity index (χ0n) is 11.6. The van der Waals surface area contributed by atoms with Crippen molar-refractivity contribution in [1.82, 2.24) is 10.2 Å². The number of hydrogen-bond acceptors (Lipinski definition) is 5. The summed E-state index contributed by atoms with van der Waals surface area (Å²) in [6.07, 6.45) is -0.652. The number of morpholine rings is 1. The summed E-state index contributed by atoms with van der Waals surface area (Å²) in [6.45, 7) is 1.95. The summed E-state index contributed by atoms with van der Waals surface area (Å²) >= 11 is 0. The van der Waals surface area contributed by atoms with Crippen LogP contribution in [0, 0.1) is 0 Å². The van der Waals surface area contributed by atoms with Crippen LogP contribution < -0.4 is 11.1 Å². The van der Waals surface area contributed by atoms with Crippen molar-refractivity contribution in [2.45, 2.75) is 12.1 Å². The number of amides is 1. The lowest BCUT2D eigenvalue weighted by Crippen LogP contribution is -2.54. The summed E-state index contributed by atoms with van der Waals surface area (Å²) in [5.74, 6) is -0.0887. The van der Waals surface area contributed by atoms with Crippen molar-refractivity contribution in [2.24, 2.45) is 0 Å². The van der Waals surface area contributed by atoms with Crippen molar-refractivity contribution < 1.29 is 14.6 Å². The van der Waals surface area contributed by atoms with Crippen LogP contribution in [-0.2, 0) is 9.53 Å². The second-order valence-corrected chi connectivity index (χ2v) is 4.88. The maximum absolute atomic E-state index is 11.8. The Balaban J connectivity index is 2.02. The van der Waals surface area contributed by atoms with Crippen LogP contribution in [0.5, 0.6) is 0 Å². The van der Waals surface area contributed by atoms with Crippen molar-refractivity contribution in [3.05, 3.63) is 29.8 Å². The smallest absolute Gasteiger partial charge is 0.239 e. The van der Waals surface area contributed by atoms with Gasteiger partial charge in [0.2, 0.25) is 5.91 Å². The Hall–Kier alpha value is -1.63. The Kier molecular flexibility index (Phi) is 4.94. The van der Waals surface area contributed by atoms with Gasteiger partial charge in [-0.1, -0.05) is 12.1 Å². The van der Waals surface area contributed by atoms with E-state index in [0.29, 0.717) is 32.0 Å². The summed E-state index contributed by atoms with van der Waals surface area (Å²) in [7, 11) is 1.60. The van der Waals surface area contributed by atoms with Gasteiger partial charge in [-0.2, -0.15) is 0 Å². The van der Waals surface area contributed by atoms with E-state index in [1.54, 1.807) is 31.3 Å². The van der Waals surface area contributed by atoms with E-state index in [1.165, 1.54) is 0 Å². The standard InChI is InChI=1S/C14H21N3O3/c1-16-14(19)12-9-20-7-6-17(12)8-13(18)10-2-4-11(15)5-3-10/h2-5,12-13,18H,6-9,15H2,1H3,(H,16,19). The Morgan fingerprint density at radius 1 is 1.55 bits per heavy atom. The average molecular weight is 279 g/mol. The summed E-state index contributed by atoms with van der Waals surface area (Å²) in [5, 5.41) is 12.9. The Morgan fingerprint density at radius 3 is 2.90 bits per heavy atom. The number of nitrogens with two attached hydrogens (primary N) is 1. The van der Waals surface area contributed by atoms with Gasteiger partial charge < -0.3 is 20.9 Å². The largest absolute Gasteiger partial charge is 0.399 e.